The molecule has 2 amide bonds. The number of benzene rings is 1. The molecule has 0 aliphatic carbocycles. The van der Waals surface area contributed by atoms with Crippen molar-refractivity contribution in [1.29, 1.82) is 0 Å². The van der Waals surface area contributed by atoms with Crippen LogP contribution < -0.4 is 5.32 Å². The van der Waals surface area contributed by atoms with Crippen LogP contribution in [0.5, 0.6) is 0 Å². The highest BCUT2D eigenvalue weighted by Crippen LogP contribution is 2.22. The summed E-state index contributed by atoms with van der Waals surface area (Å²) in [5, 5.41) is 3.04. The smallest absolute Gasteiger partial charge is 0.339 e. The summed E-state index contributed by atoms with van der Waals surface area (Å²) < 4.78 is 15.3. The monoisotopic (exact) mass is 356 g/mol. The molecule has 132 valence electrons. The number of rotatable bonds is 5. The number of esters is 1. The lowest BCUT2D eigenvalue weighted by molar-refractivity contribution is -0.0260. The Morgan fingerprint density at radius 1 is 1.42 bits per heavy atom. The van der Waals surface area contributed by atoms with E-state index in [1.807, 2.05) is 0 Å². The van der Waals surface area contributed by atoms with Crippen molar-refractivity contribution in [2.75, 3.05) is 45.8 Å². The van der Waals surface area contributed by atoms with E-state index >= 15 is 0 Å². The van der Waals surface area contributed by atoms with Gasteiger partial charge in [-0.25, -0.2) is 9.59 Å². The molecule has 1 atom stereocenters. The predicted molar refractivity (Wildman–Crippen MR) is 89.6 cm³/mol. The topological polar surface area (TPSA) is 77.1 Å². The Morgan fingerprint density at radius 3 is 2.92 bits per heavy atom. The molecule has 7 nitrogen and oxygen atoms in total. The molecule has 1 aromatic rings. The van der Waals surface area contributed by atoms with Gasteiger partial charge >= 0.3 is 12.0 Å². The van der Waals surface area contributed by atoms with Gasteiger partial charge < -0.3 is 24.4 Å². The fraction of sp³-hybridized carbons (Fsp3) is 0.500. The van der Waals surface area contributed by atoms with Crippen LogP contribution in [0.4, 0.5) is 10.5 Å². The molecule has 1 fully saturated rings. The quantitative estimate of drug-likeness (QED) is 0.820. The number of anilines is 1. The lowest BCUT2D eigenvalue weighted by atomic mass is 10.2. The normalized spacial score (nSPS) is 17.5. The first-order chi connectivity index (χ1) is 11.5. The number of halogens is 1. The number of hydrogen-bond acceptors (Lipinski definition) is 5. The first-order valence-electron chi connectivity index (χ1n) is 7.59. The molecule has 1 aliphatic rings. The van der Waals surface area contributed by atoms with Crippen LogP contribution in [0.25, 0.3) is 0 Å². The van der Waals surface area contributed by atoms with E-state index in [0.717, 1.165) is 6.42 Å². The number of ether oxygens (including phenoxy) is 3. The van der Waals surface area contributed by atoms with E-state index in [1.54, 1.807) is 24.1 Å². The van der Waals surface area contributed by atoms with E-state index in [0.29, 0.717) is 32.0 Å². The minimum Gasteiger partial charge on any atom is -0.465 e. The Balaban J connectivity index is 2.00. The Hall–Kier alpha value is -1.83. The van der Waals surface area contributed by atoms with Crippen LogP contribution >= 0.6 is 11.6 Å². The molecule has 0 bridgehead atoms. The van der Waals surface area contributed by atoms with Gasteiger partial charge in [-0.2, -0.15) is 0 Å². The second-order valence-corrected chi connectivity index (χ2v) is 5.74. The molecule has 1 saturated heterocycles. The third kappa shape index (κ3) is 4.83. The first kappa shape index (κ1) is 18.5. The maximum absolute atomic E-state index is 12.4. The van der Waals surface area contributed by atoms with Gasteiger partial charge in [0.05, 0.1) is 30.4 Å². The standard InChI is InChI=1S/C16H21ClN2O5/c1-22-7-5-12-10-19(6-8-24-12)16(21)18-11-3-4-14(17)13(9-11)15(20)23-2/h3-4,9,12H,5-8,10H2,1-2H3,(H,18,21). The number of methoxy groups -OCH3 is 2. The predicted octanol–water partition coefficient (Wildman–Crippen LogP) is 2.40. The van der Waals surface area contributed by atoms with E-state index < -0.39 is 5.97 Å². The molecular weight excluding hydrogens is 336 g/mol. The second kappa shape index (κ2) is 8.86. The molecular formula is C16H21ClN2O5. The summed E-state index contributed by atoms with van der Waals surface area (Å²) in [4.78, 5) is 25.7. The summed E-state index contributed by atoms with van der Waals surface area (Å²) >= 11 is 5.97. The number of hydrogen-bond donors (Lipinski definition) is 1. The minimum absolute atomic E-state index is 0.0414. The van der Waals surface area contributed by atoms with Crippen molar-refractivity contribution in [3.63, 3.8) is 0 Å². The third-order valence-corrected chi connectivity index (χ3v) is 4.02. The van der Waals surface area contributed by atoms with Gasteiger partial charge in [-0.05, 0) is 24.6 Å². The molecule has 0 radical (unpaired) electrons. The Bertz CT molecular complexity index is 596. The van der Waals surface area contributed by atoms with E-state index in [2.05, 4.69) is 10.1 Å². The number of amides is 2. The summed E-state index contributed by atoms with van der Waals surface area (Å²) in [5.74, 6) is -0.554. The zero-order valence-electron chi connectivity index (χ0n) is 13.7. The van der Waals surface area contributed by atoms with Crippen LogP contribution in [-0.2, 0) is 14.2 Å². The van der Waals surface area contributed by atoms with Crippen molar-refractivity contribution in [3.05, 3.63) is 28.8 Å². The largest absolute Gasteiger partial charge is 0.465 e. The summed E-state index contributed by atoms with van der Waals surface area (Å²) in [6, 6.07) is 4.42. The molecule has 1 aliphatic heterocycles. The molecule has 0 saturated carbocycles. The highest BCUT2D eigenvalue weighted by molar-refractivity contribution is 6.33. The lowest BCUT2D eigenvalue weighted by Crippen LogP contribution is -2.47. The fourth-order valence-corrected chi connectivity index (χ4v) is 2.59. The van der Waals surface area contributed by atoms with Crippen LogP contribution in [0.3, 0.4) is 0 Å². The van der Waals surface area contributed by atoms with E-state index in [-0.39, 0.29) is 22.7 Å². The molecule has 1 unspecified atom stereocenters. The zero-order valence-corrected chi connectivity index (χ0v) is 14.5. The SMILES string of the molecule is COCCC1CN(C(=O)Nc2ccc(Cl)c(C(=O)OC)c2)CCO1. The highest BCUT2D eigenvalue weighted by Gasteiger charge is 2.24. The zero-order chi connectivity index (χ0) is 17.5. The maximum atomic E-state index is 12.4. The van der Waals surface area contributed by atoms with E-state index in [4.69, 9.17) is 21.1 Å². The molecule has 8 heteroatoms. The minimum atomic E-state index is -0.554. The first-order valence-corrected chi connectivity index (χ1v) is 7.97. The van der Waals surface area contributed by atoms with Gasteiger partial charge in [-0.1, -0.05) is 11.6 Å². The maximum Gasteiger partial charge on any atom is 0.339 e. The van der Waals surface area contributed by atoms with E-state index in [9.17, 15) is 9.59 Å². The number of nitrogens with one attached hydrogen (secondary N) is 1. The van der Waals surface area contributed by atoms with Crippen molar-refractivity contribution in [1.82, 2.24) is 4.90 Å². The second-order valence-electron chi connectivity index (χ2n) is 5.34. The summed E-state index contributed by atoms with van der Waals surface area (Å²) in [5.41, 5.74) is 0.682. The van der Waals surface area contributed by atoms with Crippen LogP contribution in [0.2, 0.25) is 5.02 Å². The molecule has 2 rings (SSSR count). The van der Waals surface area contributed by atoms with Crippen molar-refractivity contribution < 1.29 is 23.8 Å². The van der Waals surface area contributed by atoms with Gasteiger partial charge in [0, 0.05) is 32.5 Å². The van der Waals surface area contributed by atoms with Crippen LogP contribution in [0, 0.1) is 0 Å². The van der Waals surface area contributed by atoms with Crippen molar-refractivity contribution in [3.8, 4) is 0 Å². The van der Waals surface area contributed by atoms with Crippen LogP contribution in [0.1, 0.15) is 16.8 Å². The molecule has 0 spiro atoms. The van der Waals surface area contributed by atoms with E-state index in [1.165, 1.54) is 13.2 Å². The van der Waals surface area contributed by atoms with Crippen molar-refractivity contribution >= 4 is 29.3 Å². The summed E-state index contributed by atoms with van der Waals surface area (Å²) in [7, 11) is 2.91. The summed E-state index contributed by atoms with van der Waals surface area (Å²) in [6.07, 6.45) is 0.688. The van der Waals surface area contributed by atoms with Crippen molar-refractivity contribution in [2.45, 2.75) is 12.5 Å². The molecule has 1 heterocycles. The number of morpholine rings is 1. The van der Waals surface area contributed by atoms with Gasteiger partial charge in [0.1, 0.15) is 0 Å². The number of nitrogens with zero attached hydrogens (tertiary/aromatic N) is 1. The molecule has 1 aromatic carbocycles. The summed E-state index contributed by atoms with van der Waals surface area (Å²) in [6.45, 7) is 2.06. The van der Waals surface area contributed by atoms with Crippen LogP contribution in [-0.4, -0.2) is 63.5 Å². The van der Waals surface area contributed by atoms with Gasteiger partial charge in [-0.3, -0.25) is 0 Å². The number of carbonyl (C=O) groups is 2. The molecule has 0 aromatic heterocycles. The molecule has 24 heavy (non-hydrogen) atoms. The van der Waals surface area contributed by atoms with Gasteiger partial charge in [0.15, 0.2) is 0 Å². The average Bonchev–Trinajstić information content (AvgIpc) is 2.61. The lowest BCUT2D eigenvalue weighted by Gasteiger charge is -2.33. The van der Waals surface area contributed by atoms with Gasteiger partial charge in [0.25, 0.3) is 0 Å². The Morgan fingerprint density at radius 2 is 2.21 bits per heavy atom. The van der Waals surface area contributed by atoms with Crippen molar-refractivity contribution in [2.24, 2.45) is 0 Å². The van der Waals surface area contributed by atoms with Crippen LogP contribution in [0.15, 0.2) is 18.2 Å². The Kier molecular flexibility index (Phi) is 6.84. The number of urea groups is 1. The van der Waals surface area contributed by atoms with Gasteiger partial charge in [-0.15, -0.1) is 0 Å². The third-order valence-electron chi connectivity index (χ3n) is 3.69. The fourth-order valence-electron chi connectivity index (χ4n) is 2.40. The Labute approximate surface area is 145 Å². The highest BCUT2D eigenvalue weighted by atomic mass is 35.5. The van der Waals surface area contributed by atoms with Gasteiger partial charge in [0.2, 0.25) is 0 Å². The number of carbonyl (C=O) groups excluding carboxylic acids is 2. The molecule has 1 N–H and O–H groups in total. The average molecular weight is 357 g/mol.